The zero-order chi connectivity index (χ0) is 14.8. The molecular formula is C16H23N3OS. The molecule has 21 heavy (non-hydrogen) atoms. The molecule has 4 nitrogen and oxygen atoms in total. The van der Waals surface area contributed by atoms with E-state index < -0.39 is 0 Å². The largest absolute Gasteiger partial charge is 0.381 e. The third-order valence-electron chi connectivity index (χ3n) is 4.25. The number of rotatable bonds is 4. The zero-order valence-electron chi connectivity index (χ0n) is 12.9. The van der Waals surface area contributed by atoms with Gasteiger partial charge in [0.25, 0.3) is 0 Å². The lowest BCUT2D eigenvalue weighted by Gasteiger charge is -2.24. The highest BCUT2D eigenvalue weighted by Gasteiger charge is 2.20. The van der Waals surface area contributed by atoms with E-state index in [1.165, 1.54) is 16.1 Å². The maximum Gasteiger partial charge on any atom is 0.0761 e. The summed E-state index contributed by atoms with van der Waals surface area (Å²) in [5.41, 5.74) is 3.72. The predicted octanol–water partition coefficient (Wildman–Crippen LogP) is 4.09. The molecule has 0 spiro atoms. The Labute approximate surface area is 130 Å². The first-order valence-electron chi connectivity index (χ1n) is 7.59. The number of nitrogens with zero attached hydrogens (tertiary/aromatic N) is 2. The molecule has 0 radical (unpaired) electrons. The Morgan fingerprint density at radius 3 is 2.81 bits per heavy atom. The minimum atomic E-state index is 0.316. The van der Waals surface area contributed by atoms with Crippen LogP contribution in [0.3, 0.4) is 0 Å². The first-order chi connectivity index (χ1) is 10.2. The molecule has 1 unspecified atom stereocenters. The van der Waals surface area contributed by atoms with Crippen LogP contribution >= 0.6 is 11.3 Å². The van der Waals surface area contributed by atoms with Crippen molar-refractivity contribution in [1.82, 2.24) is 9.78 Å². The number of aromatic nitrogens is 2. The summed E-state index contributed by atoms with van der Waals surface area (Å²) in [6.07, 6.45) is 4.08. The van der Waals surface area contributed by atoms with Crippen molar-refractivity contribution in [3.63, 3.8) is 0 Å². The number of nitrogens with one attached hydrogen (secondary N) is 1. The fourth-order valence-corrected chi connectivity index (χ4v) is 3.93. The van der Waals surface area contributed by atoms with Gasteiger partial charge < -0.3 is 10.1 Å². The van der Waals surface area contributed by atoms with Gasteiger partial charge in [-0.25, -0.2) is 0 Å². The number of anilines is 1. The van der Waals surface area contributed by atoms with Crippen molar-refractivity contribution in [2.75, 3.05) is 18.5 Å². The van der Waals surface area contributed by atoms with Crippen molar-refractivity contribution >= 4 is 17.0 Å². The monoisotopic (exact) mass is 305 g/mol. The molecule has 1 saturated heterocycles. The van der Waals surface area contributed by atoms with Gasteiger partial charge in [-0.15, -0.1) is 11.3 Å². The second kappa shape index (κ2) is 6.20. The van der Waals surface area contributed by atoms with Gasteiger partial charge in [-0.2, -0.15) is 5.10 Å². The maximum atomic E-state index is 5.44. The third-order valence-corrected chi connectivity index (χ3v) is 5.45. The van der Waals surface area contributed by atoms with Gasteiger partial charge >= 0.3 is 0 Å². The maximum absolute atomic E-state index is 5.44. The molecule has 3 heterocycles. The summed E-state index contributed by atoms with van der Waals surface area (Å²) < 4.78 is 7.60. The van der Waals surface area contributed by atoms with Crippen molar-refractivity contribution in [2.45, 2.75) is 45.7 Å². The molecule has 1 aliphatic heterocycles. The minimum absolute atomic E-state index is 0.316. The second-order valence-corrected chi connectivity index (χ2v) is 6.71. The molecule has 114 valence electrons. The molecule has 1 fully saturated rings. The highest BCUT2D eigenvalue weighted by Crippen LogP contribution is 2.30. The van der Waals surface area contributed by atoms with Crippen molar-refractivity contribution < 1.29 is 4.74 Å². The van der Waals surface area contributed by atoms with Crippen LogP contribution < -0.4 is 5.32 Å². The Hall–Kier alpha value is -1.33. The van der Waals surface area contributed by atoms with Gasteiger partial charge in [-0.05, 0) is 50.6 Å². The lowest BCUT2D eigenvalue weighted by atomic mass is 10.1. The van der Waals surface area contributed by atoms with E-state index in [0.29, 0.717) is 12.1 Å². The molecular weight excluding hydrogens is 282 g/mol. The quantitative estimate of drug-likeness (QED) is 0.925. The van der Waals surface area contributed by atoms with Gasteiger partial charge in [0.15, 0.2) is 0 Å². The van der Waals surface area contributed by atoms with Crippen LogP contribution in [0.25, 0.3) is 0 Å². The smallest absolute Gasteiger partial charge is 0.0761 e. The Morgan fingerprint density at radius 2 is 2.14 bits per heavy atom. The van der Waals surface area contributed by atoms with Gasteiger partial charge in [0.1, 0.15) is 0 Å². The molecule has 2 aromatic heterocycles. The Kier molecular flexibility index (Phi) is 4.31. The van der Waals surface area contributed by atoms with Crippen molar-refractivity contribution in [3.8, 4) is 0 Å². The number of hydrogen-bond acceptors (Lipinski definition) is 4. The van der Waals surface area contributed by atoms with Crippen LogP contribution in [0.15, 0.2) is 17.6 Å². The van der Waals surface area contributed by atoms with Crippen LogP contribution in [-0.4, -0.2) is 23.0 Å². The summed E-state index contributed by atoms with van der Waals surface area (Å²) >= 11 is 1.81. The van der Waals surface area contributed by atoms with Crippen LogP contribution in [0.4, 0.5) is 5.69 Å². The molecule has 0 amide bonds. The number of aryl methyl sites for hydroxylation is 1. The van der Waals surface area contributed by atoms with Crippen molar-refractivity contribution in [1.29, 1.82) is 0 Å². The molecule has 0 bridgehead atoms. The first-order valence-corrected chi connectivity index (χ1v) is 8.47. The van der Waals surface area contributed by atoms with Crippen molar-refractivity contribution in [3.05, 3.63) is 33.8 Å². The van der Waals surface area contributed by atoms with Crippen molar-refractivity contribution in [2.24, 2.45) is 0 Å². The molecule has 0 aliphatic carbocycles. The SMILES string of the molecule is Cc1ccsc1C(C)Nc1cnn(C2CCOCC2)c1C. The zero-order valence-corrected chi connectivity index (χ0v) is 13.7. The third kappa shape index (κ3) is 2.99. The fourth-order valence-electron chi connectivity index (χ4n) is 2.99. The van der Waals surface area contributed by atoms with E-state index in [0.717, 1.165) is 31.7 Å². The summed E-state index contributed by atoms with van der Waals surface area (Å²) in [7, 11) is 0. The van der Waals surface area contributed by atoms with Crippen LogP contribution in [0.5, 0.6) is 0 Å². The van der Waals surface area contributed by atoms with E-state index in [2.05, 4.69) is 47.3 Å². The summed E-state index contributed by atoms with van der Waals surface area (Å²) in [6, 6.07) is 2.97. The van der Waals surface area contributed by atoms with Crippen LogP contribution in [-0.2, 0) is 4.74 Å². The highest BCUT2D eigenvalue weighted by molar-refractivity contribution is 7.10. The molecule has 2 aromatic rings. The normalized spacial score (nSPS) is 17.9. The van der Waals surface area contributed by atoms with Gasteiger partial charge in [0.05, 0.1) is 29.7 Å². The van der Waals surface area contributed by atoms with Crippen LogP contribution in [0.2, 0.25) is 0 Å². The second-order valence-electron chi connectivity index (χ2n) is 5.77. The highest BCUT2D eigenvalue weighted by atomic mass is 32.1. The average Bonchev–Trinajstić information content (AvgIpc) is 3.07. The van der Waals surface area contributed by atoms with Crippen LogP contribution in [0.1, 0.15) is 48.0 Å². The molecule has 5 heteroatoms. The van der Waals surface area contributed by atoms with E-state index in [1.54, 1.807) is 0 Å². The Morgan fingerprint density at radius 1 is 1.38 bits per heavy atom. The number of thiophene rings is 1. The lowest BCUT2D eigenvalue weighted by molar-refractivity contribution is 0.0657. The fraction of sp³-hybridized carbons (Fsp3) is 0.562. The summed E-state index contributed by atoms with van der Waals surface area (Å²) in [5, 5.41) is 10.4. The average molecular weight is 305 g/mol. The van der Waals surface area contributed by atoms with Gasteiger partial charge in [-0.1, -0.05) is 0 Å². The summed E-state index contributed by atoms with van der Waals surface area (Å²) in [5.74, 6) is 0. The Balaban J connectivity index is 1.74. The molecule has 1 aliphatic rings. The van der Waals surface area contributed by atoms with E-state index in [9.17, 15) is 0 Å². The Bertz CT molecular complexity index is 598. The van der Waals surface area contributed by atoms with Gasteiger partial charge in [0, 0.05) is 18.1 Å². The topological polar surface area (TPSA) is 39.1 Å². The van der Waals surface area contributed by atoms with E-state index in [-0.39, 0.29) is 0 Å². The minimum Gasteiger partial charge on any atom is -0.381 e. The number of hydrogen-bond donors (Lipinski definition) is 1. The summed E-state index contributed by atoms with van der Waals surface area (Å²) in [4.78, 5) is 1.40. The van der Waals surface area contributed by atoms with Crippen LogP contribution in [0, 0.1) is 13.8 Å². The van der Waals surface area contributed by atoms with Gasteiger partial charge in [0.2, 0.25) is 0 Å². The summed E-state index contributed by atoms with van der Waals surface area (Å²) in [6.45, 7) is 8.22. The van der Waals surface area contributed by atoms with Gasteiger partial charge in [-0.3, -0.25) is 4.68 Å². The number of ether oxygens (including phenoxy) is 1. The van der Waals surface area contributed by atoms with E-state index in [4.69, 9.17) is 4.74 Å². The molecule has 1 N–H and O–H groups in total. The first kappa shape index (κ1) is 14.6. The molecule has 0 saturated carbocycles. The molecule has 0 aromatic carbocycles. The standard InChI is InChI=1S/C16H23N3OS/c1-11-6-9-21-16(11)12(2)18-15-10-17-19(13(15)3)14-4-7-20-8-5-14/h6,9-10,12,14,18H,4-5,7-8H2,1-3H3. The molecule has 1 atom stereocenters. The van der Waals surface area contributed by atoms with E-state index in [1.807, 2.05) is 17.5 Å². The molecule has 3 rings (SSSR count). The lowest BCUT2D eigenvalue weighted by Crippen LogP contribution is -2.21. The van der Waals surface area contributed by atoms with E-state index >= 15 is 0 Å². The predicted molar refractivity (Wildman–Crippen MR) is 87.1 cm³/mol.